The van der Waals surface area contributed by atoms with Gasteiger partial charge in [0, 0.05) is 0 Å². The average Bonchev–Trinajstić information content (AvgIpc) is 1.69. The Kier molecular flexibility index (Phi) is 3.86. The van der Waals surface area contributed by atoms with Crippen molar-refractivity contribution in [1.29, 1.82) is 0 Å². The maximum absolute atomic E-state index is 10.3. The van der Waals surface area contributed by atoms with E-state index in [-0.39, 0.29) is 33.0 Å². The number of rotatable bonds is 0. The van der Waals surface area contributed by atoms with Gasteiger partial charge in [0.15, 0.2) is 0 Å². The molecule has 0 aliphatic rings. The molecule has 38 valence electrons. The fourth-order valence-corrected chi connectivity index (χ4v) is 0.420. The van der Waals surface area contributed by atoms with Crippen LogP contribution in [-0.4, -0.2) is 27.3 Å². The van der Waals surface area contributed by atoms with Crippen LogP contribution in [0.15, 0.2) is 30.3 Å². The van der Waals surface area contributed by atoms with Gasteiger partial charge in [-0.3, -0.25) is 0 Å². The standard InChI is InChI=1S/C6H6O.Tl/c7-6-4-2-1-3-5-6;/h1-5,7H;/q;+1/p-1. The average molecular weight is 297 g/mol. The predicted octanol–water partition coefficient (Wildman–Crippen LogP) is 0.379. The third-order valence-electron chi connectivity index (χ3n) is 0.743. The van der Waals surface area contributed by atoms with Crippen LogP contribution in [0.2, 0.25) is 0 Å². The zero-order valence-corrected chi connectivity index (χ0v) is 8.86. The Morgan fingerprint density at radius 1 is 1.00 bits per heavy atom. The minimum absolute atomic E-state index is 0. The van der Waals surface area contributed by atoms with E-state index in [0.717, 1.165) is 0 Å². The minimum atomic E-state index is 0. The Hall–Kier alpha value is -0.0579. The van der Waals surface area contributed by atoms with Crippen LogP contribution in [0, 0.1) is 0 Å². The van der Waals surface area contributed by atoms with Crippen molar-refractivity contribution in [3.8, 4) is 5.75 Å². The molecular weight excluding hydrogens is 292 g/mol. The van der Waals surface area contributed by atoms with Crippen molar-refractivity contribution in [2.45, 2.75) is 0 Å². The summed E-state index contributed by atoms with van der Waals surface area (Å²) in [7, 11) is 0. The van der Waals surface area contributed by atoms with Gasteiger partial charge in [-0.15, -0.1) is 5.75 Å². The molecule has 0 heterocycles. The number of benzene rings is 1. The SMILES string of the molecule is [O-]c1ccccc1.[Tl+]. The summed E-state index contributed by atoms with van der Waals surface area (Å²) in [6.45, 7) is 0. The van der Waals surface area contributed by atoms with Crippen molar-refractivity contribution in [3.63, 3.8) is 0 Å². The first-order valence-corrected chi connectivity index (χ1v) is 2.11. The molecule has 0 spiro atoms. The molecule has 1 rings (SSSR count). The molecule has 0 atom stereocenters. The molecule has 0 unspecified atom stereocenters. The molecule has 0 fully saturated rings. The third kappa shape index (κ3) is 2.30. The van der Waals surface area contributed by atoms with Crippen LogP contribution in [0.1, 0.15) is 0 Å². The molecule has 2 heteroatoms. The molecule has 0 aromatic heterocycles. The van der Waals surface area contributed by atoms with E-state index < -0.39 is 0 Å². The first kappa shape index (κ1) is 7.94. The summed E-state index contributed by atoms with van der Waals surface area (Å²) >= 11 is 0. The van der Waals surface area contributed by atoms with E-state index in [1.54, 1.807) is 12.1 Å². The van der Waals surface area contributed by atoms with Crippen molar-refractivity contribution in [3.05, 3.63) is 30.3 Å². The van der Waals surface area contributed by atoms with Gasteiger partial charge in [0.2, 0.25) is 0 Å². The summed E-state index contributed by atoms with van der Waals surface area (Å²) in [5.74, 6) is 0.0718. The van der Waals surface area contributed by atoms with Crippen molar-refractivity contribution < 1.29 is 5.11 Å². The van der Waals surface area contributed by atoms with Crippen LogP contribution in [-0.2, 0) is 0 Å². The second-order valence-corrected chi connectivity index (χ2v) is 1.31. The molecule has 0 amide bonds. The maximum Gasteiger partial charge on any atom is 1.00 e. The molecule has 0 saturated heterocycles. The second-order valence-electron chi connectivity index (χ2n) is 1.31. The molecule has 0 radical (unpaired) electrons. The molecule has 0 aliphatic carbocycles. The normalized spacial score (nSPS) is 7.50. The molecule has 1 aromatic rings. The Balaban J connectivity index is 0.000000490. The topological polar surface area (TPSA) is 23.1 Å². The van der Waals surface area contributed by atoms with Crippen LogP contribution in [0.5, 0.6) is 5.75 Å². The van der Waals surface area contributed by atoms with Crippen molar-refractivity contribution in [2.75, 3.05) is 0 Å². The predicted molar refractivity (Wildman–Crippen MR) is 31.6 cm³/mol. The minimum Gasteiger partial charge on any atom is -0.872 e. The fourth-order valence-electron chi connectivity index (χ4n) is 0.420. The van der Waals surface area contributed by atoms with E-state index >= 15 is 0 Å². The first-order chi connectivity index (χ1) is 3.39. The number of hydrogen-bond donors (Lipinski definition) is 0. The van der Waals surface area contributed by atoms with Gasteiger partial charge in [0.1, 0.15) is 0 Å². The number of para-hydroxylation sites is 1. The Bertz CT molecular complexity index is 138. The summed E-state index contributed by atoms with van der Waals surface area (Å²) in [5.41, 5.74) is 0. The van der Waals surface area contributed by atoms with Crippen LogP contribution < -0.4 is 5.11 Å². The Morgan fingerprint density at radius 2 is 1.50 bits per heavy atom. The molecule has 1 aromatic carbocycles. The molecule has 1 nitrogen and oxygen atoms in total. The summed E-state index contributed by atoms with van der Waals surface area (Å²) in [5, 5.41) is 10.3. The van der Waals surface area contributed by atoms with Gasteiger partial charge in [0.25, 0.3) is 0 Å². The molecule has 0 aliphatic heterocycles. The van der Waals surface area contributed by atoms with Gasteiger partial charge in [-0.2, -0.15) is 0 Å². The molecular formula is C6H5OTl. The molecule has 0 bridgehead atoms. The smallest absolute Gasteiger partial charge is 0.872 e. The van der Waals surface area contributed by atoms with Gasteiger partial charge in [-0.05, 0) is 0 Å². The van der Waals surface area contributed by atoms with E-state index in [2.05, 4.69) is 0 Å². The molecule has 0 N–H and O–H groups in total. The maximum atomic E-state index is 10.3. The van der Waals surface area contributed by atoms with Crippen molar-refractivity contribution in [2.24, 2.45) is 0 Å². The zero-order valence-electron chi connectivity index (χ0n) is 4.37. The van der Waals surface area contributed by atoms with Crippen LogP contribution in [0.3, 0.4) is 0 Å². The summed E-state index contributed by atoms with van der Waals surface area (Å²) in [4.78, 5) is 0. The fraction of sp³-hybridized carbons (Fsp3) is 0. The first-order valence-electron chi connectivity index (χ1n) is 2.11. The third-order valence-corrected chi connectivity index (χ3v) is 0.743. The van der Waals surface area contributed by atoms with E-state index in [4.69, 9.17) is 0 Å². The Morgan fingerprint density at radius 3 is 1.75 bits per heavy atom. The van der Waals surface area contributed by atoms with Gasteiger partial charge in [0.05, 0.1) is 0 Å². The van der Waals surface area contributed by atoms with Crippen molar-refractivity contribution >= 4 is 27.3 Å². The van der Waals surface area contributed by atoms with E-state index in [0.29, 0.717) is 0 Å². The monoisotopic (exact) mass is 298 g/mol. The van der Waals surface area contributed by atoms with Gasteiger partial charge in [-0.25, -0.2) is 0 Å². The molecule has 8 heavy (non-hydrogen) atoms. The van der Waals surface area contributed by atoms with Crippen LogP contribution in [0.4, 0.5) is 0 Å². The van der Waals surface area contributed by atoms with E-state index in [9.17, 15) is 5.11 Å². The summed E-state index contributed by atoms with van der Waals surface area (Å²) in [6, 6.07) is 8.33. The molecule has 0 saturated carbocycles. The van der Waals surface area contributed by atoms with Crippen LogP contribution in [0.25, 0.3) is 0 Å². The van der Waals surface area contributed by atoms with Gasteiger partial charge in [-0.1, -0.05) is 30.3 Å². The van der Waals surface area contributed by atoms with Gasteiger partial charge >= 0.3 is 27.3 Å². The van der Waals surface area contributed by atoms with Crippen LogP contribution >= 0.6 is 0 Å². The van der Waals surface area contributed by atoms with E-state index in [1.165, 1.54) is 12.1 Å². The Labute approximate surface area is 68.5 Å². The quantitative estimate of drug-likeness (QED) is 0.635. The second kappa shape index (κ2) is 3.89. The van der Waals surface area contributed by atoms with Gasteiger partial charge < -0.3 is 5.11 Å². The summed E-state index contributed by atoms with van der Waals surface area (Å²) < 4.78 is 0. The largest absolute Gasteiger partial charge is 1.00 e. The zero-order chi connectivity index (χ0) is 5.11. The van der Waals surface area contributed by atoms with E-state index in [1.807, 2.05) is 6.07 Å². The summed E-state index contributed by atoms with van der Waals surface area (Å²) in [6.07, 6.45) is 0. The van der Waals surface area contributed by atoms with Crippen molar-refractivity contribution in [1.82, 2.24) is 0 Å². The number of hydrogen-bond acceptors (Lipinski definition) is 1.